The summed E-state index contributed by atoms with van der Waals surface area (Å²) in [6.07, 6.45) is 1.58. The van der Waals surface area contributed by atoms with Gasteiger partial charge in [-0.2, -0.15) is 4.31 Å². The molecule has 132 valence electrons. The second kappa shape index (κ2) is 6.24. The Kier molecular flexibility index (Phi) is 4.05. The smallest absolute Gasteiger partial charge is 0.243 e. The molecule has 1 unspecified atom stereocenters. The van der Waals surface area contributed by atoms with Crippen LogP contribution in [0.1, 0.15) is 24.4 Å². The van der Waals surface area contributed by atoms with Crippen LogP contribution in [0.3, 0.4) is 0 Å². The van der Waals surface area contributed by atoms with E-state index >= 15 is 0 Å². The molecule has 1 saturated heterocycles. The molecule has 2 aromatic rings. The number of hydrogen-bond donors (Lipinski definition) is 0. The molecule has 2 aliphatic heterocycles. The minimum absolute atomic E-state index is 0.117. The van der Waals surface area contributed by atoms with E-state index in [1.54, 1.807) is 23.5 Å². The molecule has 7 heteroatoms. The number of ether oxygens (including phenoxy) is 3. The van der Waals surface area contributed by atoms with E-state index < -0.39 is 10.0 Å². The molecule has 0 N–H and O–H groups in total. The van der Waals surface area contributed by atoms with Crippen LogP contribution in [0.15, 0.2) is 47.4 Å². The Morgan fingerprint density at radius 3 is 2.76 bits per heavy atom. The zero-order valence-corrected chi connectivity index (χ0v) is 14.7. The van der Waals surface area contributed by atoms with Gasteiger partial charge in [0.1, 0.15) is 5.75 Å². The van der Waals surface area contributed by atoms with Gasteiger partial charge in [-0.05, 0) is 31.0 Å². The van der Waals surface area contributed by atoms with E-state index in [4.69, 9.17) is 14.2 Å². The van der Waals surface area contributed by atoms with Gasteiger partial charge in [-0.25, -0.2) is 8.42 Å². The van der Waals surface area contributed by atoms with Crippen LogP contribution < -0.4 is 14.2 Å². The minimum Gasteiger partial charge on any atom is -0.496 e. The van der Waals surface area contributed by atoms with Crippen LogP contribution in [0.25, 0.3) is 0 Å². The van der Waals surface area contributed by atoms with Crippen LogP contribution >= 0.6 is 0 Å². The van der Waals surface area contributed by atoms with E-state index in [-0.39, 0.29) is 17.7 Å². The van der Waals surface area contributed by atoms with Crippen molar-refractivity contribution >= 4 is 10.0 Å². The van der Waals surface area contributed by atoms with E-state index in [0.29, 0.717) is 23.8 Å². The van der Waals surface area contributed by atoms with Crippen molar-refractivity contribution in [1.29, 1.82) is 0 Å². The maximum Gasteiger partial charge on any atom is 0.243 e. The normalized spacial score (nSPS) is 20.0. The number of fused-ring (bicyclic) bond motifs is 1. The lowest BCUT2D eigenvalue weighted by molar-refractivity contribution is 0.174. The van der Waals surface area contributed by atoms with Crippen molar-refractivity contribution in [2.75, 3.05) is 20.4 Å². The molecule has 0 radical (unpaired) electrons. The van der Waals surface area contributed by atoms with E-state index in [1.165, 1.54) is 6.07 Å². The predicted molar refractivity (Wildman–Crippen MR) is 91.4 cm³/mol. The Labute approximate surface area is 147 Å². The fourth-order valence-electron chi connectivity index (χ4n) is 3.45. The van der Waals surface area contributed by atoms with Crippen molar-refractivity contribution in [2.24, 2.45) is 0 Å². The number of nitrogens with zero attached hydrogens (tertiary/aromatic N) is 1. The van der Waals surface area contributed by atoms with Gasteiger partial charge < -0.3 is 14.2 Å². The fourth-order valence-corrected chi connectivity index (χ4v) is 5.14. The zero-order chi connectivity index (χ0) is 17.4. The molecule has 0 bridgehead atoms. The standard InChI is InChI=1S/C18H19NO5S/c1-22-16-7-3-2-5-14(16)15-6-4-10-19(15)25(20,21)13-8-9-17-18(11-13)24-12-23-17/h2-3,5,7-9,11,15H,4,6,10,12H2,1H3. The van der Waals surface area contributed by atoms with Gasteiger partial charge in [-0.1, -0.05) is 18.2 Å². The molecule has 1 fully saturated rings. The average molecular weight is 361 g/mol. The van der Waals surface area contributed by atoms with E-state index in [0.717, 1.165) is 18.4 Å². The number of para-hydroxylation sites is 1. The number of benzene rings is 2. The molecule has 6 nitrogen and oxygen atoms in total. The fraction of sp³-hybridized carbons (Fsp3) is 0.333. The quantitative estimate of drug-likeness (QED) is 0.838. The summed E-state index contributed by atoms with van der Waals surface area (Å²) in [6.45, 7) is 0.603. The summed E-state index contributed by atoms with van der Waals surface area (Å²) in [5, 5.41) is 0. The van der Waals surface area contributed by atoms with Gasteiger partial charge in [-0.3, -0.25) is 0 Å². The van der Waals surface area contributed by atoms with Crippen LogP contribution in [-0.4, -0.2) is 33.2 Å². The van der Waals surface area contributed by atoms with Crippen LogP contribution in [-0.2, 0) is 10.0 Å². The second-order valence-electron chi connectivity index (χ2n) is 6.03. The topological polar surface area (TPSA) is 65.1 Å². The van der Waals surface area contributed by atoms with Gasteiger partial charge in [0, 0.05) is 18.2 Å². The highest BCUT2D eigenvalue weighted by Gasteiger charge is 2.38. The molecule has 0 amide bonds. The molecule has 1 atom stereocenters. The average Bonchev–Trinajstić information content (AvgIpc) is 3.30. The first-order chi connectivity index (χ1) is 12.1. The molecule has 2 heterocycles. The van der Waals surface area contributed by atoms with Crippen molar-refractivity contribution in [3.8, 4) is 17.2 Å². The maximum absolute atomic E-state index is 13.2. The maximum atomic E-state index is 13.2. The van der Waals surface area contributed by atoms with E-state index in [1.807, 2.05) is 24.3 Å². The third kappa shape index (κ3) is 2.73. The van der Waals surface area contributed by atoms with Crippen molar-refractivity contribution in [3.05, 3.63) is 48.0 Å². The van der Waals surface area contributed by atoms with E-state index in [9.17, 15) is 8.42 Å². The van der Waals surface area contributed by atoms with Crippen LogP contribution in [0.2, 0.25) is 0 Å². The number of methoxy groups -OCH3 is 1. The molecule has 0 aliphatic carbocycles. The van der Waals surface area contributed by atoms with Crippen LogP contribution in [0, 0.1) is 0 Å². The zero-order valence-electron chi connectivity index (χ0n) is 13.8. The number of sulfonamides is 1. The number of rotatable bonds is 4. The van der Waals surface area contributed by atoms with Gasteiger partial charge in [0.05, 0.1) is 18.0 Å². The predicted octanol–water partition coefficient (Wildman–Crippen LogP) is 2.95. The Morgan fingerprint density at radius 2 is 1.92 bits per heavy atom. The van der Waals surface area contributed by atoms with Crippen molar-refractivity contribution in [3.63, 3.8) is 0 Å². The highest BCUT2D eigenvalue weighted by Crippen LogP contribution is 2.41. The van der Waals surface area contributed by atoms with Gasteiger partial charge >= 0.3 is 0 Å². The Hall–Kier alpha value is -2.25. The first-order valence-corrected chi connectivity index (χ1v) is 9.59. The lowest BCUT2D eigenvalue weighted by Crippen LogP contribution is -2.30. The third-order valence-corrected chi connectivity index (χ3v) is 6.56. The summed E-state index contributed by atoms with van der Waals surface area (Å²) in [6, 6.07) is 12.1. The first kappa shape index (κ1) is 16.2. The molecule has 2 aliphatic rings. The molecule has 4 rings (SSSR count). The number of hydrogen-bond acceptors (Lipinski definition) is 5. The van der Waals surface area contributed by atoms with Crippen LogP contribution in [0.5, 0.6) is 17.2 Å². The highest BCUT2D eigenvalue weighted by atomic mass is 32.2. The van der Waals surface area contributed by atoms with Gasteiger partial charge in [-0.15, -0.1) is 0 Å². The molecular weight excluding hydrogens is 342 g/mol. The molecule has 2 aromatic carbocycles. The SMILES string of the molecule is COc1ccccc1C1CCCN1S(=O)(=O)c1ccc2c(c1)OCO2. The molecule has 0 spiro atoms. The highest BCUT2D eigenvalue weighted by molar-refractivity contribution is 7.89. The first-order valence-electron chi connectivity index (χ1n) is 8.15. The minimum atomic E-state index is -3.64. The largest absolute Gasteiger partial charge is 0.496 e. The lowest BCUT2D eigenvalue weighted by Gasteiger charge is -2.25. The van der Waals surface area contributed by atoms with Crippen LogP contribution in [0.4, 0.5) is 0 Å². The molecule has 25 heavy (non-hydrogen) atoms. The van der Waals surface area contributed by atoms with Gasteiger partial charge in [0.2, 0.25) is 16.8 Å². The molecule has 0 aromatic heterocycles. The molecule has 0 saturated carbocycles. The lowest BCUT2D eigenvalue weighted by atomic mass is 10.0. The second-order valence-corrected chi connectivity index (χ2v) is 7.92. The van der Waals surface area contributed by atoms with Gasteiger partial charge in [0.15, 0.2) is 11.5 Å². The Morgan fingerprint density at radius 1 is 1.12 bits per heavy atom. The summed E-state index contributed by atoms with van der Waals surface area (Å²) in [5.41, 5.74) is 0.895. The summed E-state index contributed by atoms with van der Waals surface area (Å²) in [7, 11) is -2.04. The van der Waals surface area contributed by atoms with E-state index in [2.05, 4.69) is 0 Å². The van der Waals surface area contributed by atoms with Gasteiger partial charge in [0.25, 0.3) is 0 Å². The van der Waals surface area contributed by atoms with Crippen molar-refractivity contribution in [1.82, 2.24) is 4.31 Å². The summed E-state index contributed by atoms with van der Waals surface area (Å²) < 4.78 is 44.0. The summed E-state index contributed by atoms with van der Waals surface area (Å²) in [5.74, 6) is 1.75. The Bertz CT molecular complexity index is 896. The summed E-state index contributed by atoms with van der Waals surface area (Å²) >= 11 is 0. The Balaban J connectivity index is 1.72. The third-order valence-electron chi connectivity index (χ3n) is 4.65. The summed E-state index contributed by atoms with van der Waals surface area (Å²) in [4.78, 5) is 0.221. The van der Waals surface area contributed by atoms with Crippen molar-refractivity contribution < 1.29 is 22.6 Å². The monoisotopic (exact) mass is 361 g/mol. The van der Waals surface area contributed by atoms with Crippen molar-refractivity contribution in [2.45, 2.75) is 23.8 Å². The molecular formula is C18H19NO5S.